The summed E-state index contributed by atoms with van der Waals surface area (Å²) in [6.45, 7) is 0.942. The molecule has 0 radical (unpaired) electrons. The third-order valence-electron chi connectivity index (χ3n) is 4.69. The Morgan fingerprint density at radius 2 is 1.87 bits per heavy atom. The Morgan fingerprint density at radius 3 is 2.70 bits per heavy atom. The third kappa shape index (κ3) is 3.12. The molecule has 1 atom stereocenters. The van der Waals surface area contributed by atoms with E-state index < -0.39 is 0 Å². The summed E-state index contributed by atoms with van der Waals surface area (Å²) in [4.78, 5) is 12.3. The average Bonchev–Trinajstić information content (AvgIpc) is 2.93. The number of anilines is 1. The van der Waals surface area contributed by atoms with E-state index in [9.17, 15) is 4.79 Å². The highest BCUT2D eigenvalue weighted by molar-refractivity contribution is 5.95. The zero-order valence-corrected chi connectivity index (χ0v) is 13.8. The van der Waals surface area contributed by atoms with Crippen LogP contribution in [0.25, 0.3) is 11.1 Å². The molecule has 1 heterocycles. The first-order valence-corrected chi connectivity index (χ1v) is 8.07. The van der Waals surface area contributed by atoms with Gasteiger partial charge in [0.05, 0.1) is 6.04 Å². The molecule has 1 aliphatic carbocycles. The Balaban J connectivity index is 0.00000156. The largest absolute Gasteiger partial charge is 0.325 e. The molecule has 23 heavy (non-hydrogen) atoms. The van der Waals surface area contributed by atoms with E-state index >= 15 is 0 Å². The fourth-order valence-corrected chi connectivity index (χ4v) is 3.53. The van der Waals surface area contributed by atoms with Crippen LogP contribution < -0.4 is 10.6 Å². The number of amides is 1. The molecule has 4 heteroatoms. The van der Waals surface area contributed by atoms with Crippen molar-refractivity contribution in [3.8, 4) is 11.1 Å². The van der Waals surface area contributed by atoms with Gasteiger partial charge in [-0.05, 0) is 60.2 Å². The van der Waals surface area contributed by atoms with Crippen molar-refractivity contribution in [1.82, 2.24) is 5.32 Å². The minimum atomic E-state index is -0.0424. The number of halogens is 1. The van der Waals surface area contributed by atoms with Gasteiger partial charge in [-0.25, -0.2) is 0 Å². The van der Waals surface area contributed by atoms with Crippen molar-refractivity contribution in [2.24, 2.45) is 0 Å². The van der Waals surface area contributed by atoms with E-state index in [-0.39, 0.29) is 24.4 Å². The zero-order chi connectivity index (χ0) is 14.9. The molecule has 1 amide bonds. The maximum Gasteiger partial charge on any atom is 0.241 e. The normalized spacial score (nSPS) is 18.5. The van der Waals surface area contributed by atoms with Crippen molar-refractivity contribution in [1.29, 1.82) is 0 Å². The first-order valence-electron chi connectivity index (χ1n) is 8.07. The second kappa shape index (κ2) is 6.73. The van der Waals surface area contributed by atoms with Gasteiger partial charge >= 0.3 is 0 Å². The number of nitrogens with one attached hydrogen (secondary N) is 2. The summed E-state index contributed by atoms with van der Waals surface area (Å²) < 4.78 is 0. The quantitative estimate of drug-likeness (QED) is 0.752. The van der Waals surface area contributed by atoms with E-state index in [1.54, 1.807) is 0 Å². The lowest BCUT2D eigenvalue weighted by Crippen LogP contribution is -2.43. The Hall–Kier alpha value is -1.84. The van der Waals surface area contributed by atoms with Crippen LogP contribution in [-0.2, 0) is 11.2 Å². The molecule has 3 nitrogen and oxygen atoms in total. The highest BCUT2D eigenvalue weighted by Crippen LogP contribution is 2.37. The van der Waals surface area contributed by atoms with E-state index in [4.69, 9.17) is 0 Å². The summed E-state index contributed by atoms with van der Waals surface area (Å²) in [6.07, 6.45) is 4.19. The lowest BCUT2D eigenvalue weighted by Gasteiger charge is -2.22. The number of rotatable bonds is 2. The topological polar surface area (TPSA) is 41.1 Å². The van der Waals surface area contributed by atoms with Crippen LogP contribution in [0, 0.1) is 0 Å². The minimum Gasteiger partial charge on any atom is -0.325 e. The maximum atomic E-state index is 12.3. The number of carbonyl (C=O) groups excluding carboxylic acids is 1. The summed E-state index contributed by atoms with van der Waals surface area (Å²) in [5.74, 6) is 0.0927. The average molecular weight is 329 g/mol. The second-order valence-electron chi connectivity index (χ2n) is 6.20. The van der Waals surface area contributed by atoms with Crippen LogP contribution in [0.2, 0.25) is 0 Å². The molecule has 0 saturated carbocycles. The molecule has 1 fully saturated rings. The molecule has 2 aromatic rings. The number of benzene rings is 2. The molecule has 2 aromatic carbocycles. The fraction of sp³-hybridized carbons (Fsp3) is 0.316. The standard InChI is InChI=1S/C19H20N2O.ClH/c22-19(18-7-3-4-10-20-18)21-15-8-9-17-14(12-15)11-13-5-1-2-6-16(13)17;/h1-2,5-6,8-9,12,18,20H,3-4,7,10-11H2,(H,21,22);1H/t18-;/m0./s1. The van der Waals surface area contributed by atoms with Crippen molar-refractivity contribution < 1.29 is 4.79 Å². The summed E-state index contributed by atoms with van der Waals surface area (Å²) in [6, 6.07) is 14.7. The van der Waals surface area contributed by atoms with Crippen molar-refractivity contribution in [3.05, 3.63) is 53.6 Å². The van der Waals surface area contributed by atoms with Gasteiger partial charge in [0.1, 0.15) is 0 Å². The lowest BCUT2D eigenvalue weighted by atomic mass is 10.0. The van der Waals surface area contributed by atoms with Gasteiger partial charge in [-0.3, -0.25) is 4.79 Å². The molecule has 4 rings (SSSR count). The molecule has 0 unspecified atom stereocenters. The Labute approximate surface area is 142 Å². The third-order valence-corrected chi connectivity index (χ3v) is 4.69. The van der Waals surface area contributed by atoms with Gasteiger partial charge in [0.15, 0.2) is 0 Å². The van der Waals surface area contributed by atoms with Gasteiger partial charge in [-0.1, -0.05) is 36.8 Å². The second-order valence-corrected chi connectivity index (χ2v) is 6.20. The smallest absolute Gasteiger partial charge is 0.241 e. The first-order chi connectivity index (χ1) is 10.8. The molecule has 1 aliphatic heterocycles. The monoisotopic (exact) mass is 328 g/mol. The first kappa shape index (κ1) is 16.0. The predicted octanol–water partition coefficient (Wildman–Crippen LogP) is 3.76. The van der Waals surface area contributed by atoms with Crippen molar-refractivity contribution >= 4 is 24.0 Å². The SMILES string of the molecule is Cl.O=C(Nc1ccc2c(c1)Cc1ccccc1-2)[C@@H]1CCCCN1. The van der Waals surface area contributed by atoms with E-state index in [2.05, 4.69) is 47.0 Å². The van der Waals surface area contributed by atoms with E-state index in [1.807, 2.05) is 6.07 Å². The highest BCUT2D eigenvalue weighted by atomic mass is 35.5. The number of piperidine rings is 1. The van der Waals surface area contributed by atoms with Crippen molar-refractivity contribution in [2.45, 2.75) is 31.7 Å². The highest BCUT2D eigenvalue weighted by Gasteiger charge is 2.22. The van der Waals surface area contributed by atoms with Crippen molar-refractivity contribution in [2.75, 3.05) is 11.9 Å². The Bertz CT molecular complexity index is 723. The number of fused-ring (bicyclic) bond motifs is 3. The van der Waals surface area contributed by atoms with Crippen molar-refractivity contribution in [3.63, 3.8) is 0 Å². The van der Waals surface area contributed by atoms with Gasteiger partial charge in [0.2, 0.25) is 5.91 Å². The molecule has 0 spiro atoms. The zero-order valence-electron chi connectivity index (χ0n) is 13.0. The van der Waals surface area contributed by atoms with Gasteiger partial charge in [-0.2, -0.15) is 0 Å². The van der Waals surface area contributed by atoms with E-state index in [0.29, 0.717) is 0 Å². The summed E-state index contributed by atoms with van der Waals surface area (Å²) in [7, 11) is 0. The van der Waals surface area contributed by atoms with E-state index in [1.165, 1.54) is 28.7 Å². The summed E-state index contributed by atoms with van der Waals surface area (Å²) >= 11 is 0. The number of carbonyl (C=O) groups is 1. The lowest BCUT2D eigenvalue weighted by molar-refractivity contribution is -0.118. The van der Waals surface area contributed by atoms with Gasteiger partial charge in [0.25, 0.3) is 0 Å². The Kier molecular flexibility index (Phi) is 4.69. The Morgan fingerprint density at radius 1 is 1.04 bits per heavy atom. The van der Waals surface area contributed by atoms with Crippen LogP contribution in [0.4, 0.5) is 5.69 Å². The van der Waals surface area contributed by atoms with Crippen LogP contribution in [0.5, 0.6) is 0 Å². The molecular weight excluding hydrogens is 308 g/mol. The maximum absolute atomic E-state index is 12.3. The van der Waals surface area contributed by atoms with Crippen LogP contribution >= 0.6 is 12.4 Å². The van der Waals surface area contributed by atoms with Crippen LogP contribution in [0.3, 0.4) is 0 Å². The molecule has 2 N–H and O–H groups in total. The number of hydrogen-bond acceptors (Lipinski definition) is 2. The predicted molar refractivity (Wildman–Crippen MR) is 96.2 cm³/mol. The van der Waals surface area contributed by atoms with Gasteiger partial charge < -0.3 is 10.6 Å². The molecule has 0 aromatic heterocycles. The van der Waals surface area contributed by atoms with E-state index in [0.717, 1.165) is 31.5 Å². The van der Waals surface area contributed by atoms with Crippen LogP contribution in [0.15, 0.2) is 42.5 Å². The molecule has 2 aliphatic rings. The number of hydrogen-bond donors (Lipinski definition) is 2. The van der Waals surface area contributed by atoms with Gasteiger partial charge in [0, 0.05) is 5.69 Å². The summed E-state index contributed by atoms with van der Waals surface area (Å²) in [5.41, 5.74) is 6.20. The molecule has 1 saturated heterocycles. The fourth-order valence-electron chi connectivity index (χ4n) is 3.53. The van der Waals surface area contributed by atoms with Crippen LogP contribution in [0.1, 0.15) is 30.4 Å². The molecule has 120 valence electrons. The van der Waals surface area contributed by atoms with Gasteiger partial charge in [-0.15, -0.1) is 12.4 Å². The van der Waals surface area contributed by atoms with Crippen LogP contribution in [-0.4, -0.2) is 18.5 Å². The minimum absolute atomic E-state index is 0. The molecule has 0 bridgehead atoms. The summed E-state index contributed by atoms with van der Waals surface area (Å²) in [5, 5.41) is 6.36. The molecular formula is C19H21ClN2O.